The number of amides is 2. The second-order valence-corrected chi connectivity index (χ2v) is 8.09. The summed E-state index contributed by atoms with van der Waals surface area (Å²) in [6.07, 6.45) is 2.43. The van der Waals surface area contributed by atoms with Gasteiger partial charge >= 0.3 is 0 Å². The van der Waals surface area contributed by atoms with Crippen molar-refractivity contribution in [1.29, 1.82) is 0 Å². The maximum absolute atomic E-state index is 13.0. The molecule has 2 amide bonds. The second kappa shape index (κ2) is 9.54. The maximum atomic E-state index is 13.0. The number of nitrogens with zero attached hydrogens (tertiary/aromatic N) is 4. The zero-order chi connectivity index (χ0) is 22.7. The van der Waals surface area contributed by atoms with Gasteiger partial charge in [-0.25, -0.2) is 4.98 Å². The van der Waals surface area contributed by atoms with E-state index in [2.05, 4.69) is 15.7 Å². The first-order valence-electron chi connectivity index (χ1n) is 10.6. The number of aliphatic hydroxyl groups excluding tert-OH is 1. The minimum Gasteiger partial charge on any atom is -0.396 e. The molecule has 0 saturated carbocycles. The number of carbonyl (C=O) groups excluding carboxylic acids is 2. The summed E-state index contributed by atoms with van der Waals surface area (Å²) in [5.41, 5.74) is 2.07. The van der Waals surface area contributed by atoms with Crippen LogP contribution in [0.15, 0.2) is 36.5 Å². The lowest BCUT2D eigenvalue weighted by atomic mass is 10.0. The number of anilines is 2. The van der Waals surface area contributed by atoms with Crippen molar-refractivity contribution >= 4 is 40.6 Å². The van der Waals surface area contributed by atoms with Crippen molar-refractivity contribution in [3.63, 3.8) is 0 Å². The van der Waals surface area contributed by atoms with Crippen LogP contribution in [0.3, 0.4) is 0 Å². The van der Waals surface area contributed by atoms with Crippen molar-refractivity contribution in [3.8, 4) is 0 Å². The molecule has 3 heterocycles. The third kappa shape index (κ3) is 4.53. The number of hydrogen-bond acceptors (Lipinski definition) is 6. The van der Waals surface area contributed by atoms with Gasteiger partial charge in [0.1, 0.15) is 11.4 Å². The molecule has 1 fully saturated rings. The van der Waals surface area contributed by atoms with Crippen molar-refractivity contribution in [2.24, 2.45) is 0 Å². The molecule has 3 N–H and O–H groups in total. The van der Waals surface area contributed by atoms with E-state index in [0.717, 1.165) is 5.69 Å². The first-order chi connectivity index (χ1) is 15.5. The number of carbonyl (C=O) groups is 2. The average molecular weight is 457 g/mol. The number of aromatic nitrogens is 3. The van der Waals surface area contributed by atoms with Gasteiger partial charge in [0.2, 0.25) is 5.91 Å². The highest BCUT2D eigenvalue weighted by Gasteiger charge is 2.31. The molecule has 2 aromatic heterocycles. The van der Waals surface area contributed by atoms with Gasteiger partial charge in [0, 0.05) is 55.4 Å². The smallest absolute Gasteiger partial charge is 0.261 e. The zero-order valence-corrected chi connectivity index (χ0v) is 18.5. The van der Waals surface area contributed by atoms with Gasteiger partial charge in [0.15, 0.2) is 5.65 Å². The van der Waals surface area contributed by atoms with Gasteiger partial charge < -0.3 is 20.6 Å². The number of fused-ring (bicyclic) bond motifs is 1. The molecule has 1 aromatic carbocycles. The first-order valence-corrected chi connectivity index (χ1v) is 11.0. The van der Waals surface area contributed by atoms with Gasteiger partial charge in [-0.15, -0.1) is 0 Å². The predicted octanol–water partition coefficient (Wildman–Crippen LogP) is 2.77. The molecule has 3 aromatic rings. The van der Waals surface area contributed by atoms with Gasteiger partial charge in [-0.1, -0.05) is 11.6 Å². The van der Waals surface area contributed by atoms with Crippen LogP contribution in [0.1, 0.15) is 41.7 Å². The van der Waals surface area contributed by atoms with Gasteiger partial charge in [0.05, 0.1) is 11.9 Å². The molecule has 32 heavy (non-hydrogen) atoms. The van der Waals surface area contributed by atoms with Gasteiger partial charge in [-0.3, -0.25) is 9.59 Å². The third-order valence-electron chi connectivity index (χ3n) is 5.49. The highest BCUT2D eigenvalue weighted by atomic mass is 35.5. The summed E-state index contributed by atoms with van der Waals surface area (Å²) in [6.45, 7) is 3.79. The molecule has 0 spiro atoms. The van der Waals surface area contributed by atoms with E-state index in [1.807, 2.05) is 13.0 Å². The number of benzene rings is 1. The molecule has 1 aliphatic rings. The zero-order valence-electron chi connectivity index (χ0n) is 17.7. The van der Waals surface area contributed by atoms with Crippen LogP contribution >= 0.6 is 11.6 Å². The van der Waals surface area contributed by atoms with Crippen LogP contribution in [-0.4, -0.2) is 62.7 Å². The Labute approximate surface area is 190 Å². The summed E-state index contributed by atoms with van der Waals surface area (Å²) in [6, 6.07) is 8.70. The number of rotatable bonds is 8. The summed E-state index contributed by atoms with van der Waals surface area (Å²) in [5.74, 6) is 0.355. The van der Waals surface area contributed by atoms with Crippen LogP contribution in [0.25, 0.3) is 5.65 Å². The number of likely N-dealkylation sites (tertiary alicyclic amines) is 1. The fraction of sp³-hybridized carbons (Fsp3) is 0.364. The quantitative estimate of drug-likeness (QED) is 0.449. The Morgan fingerprint density at radius 1 is 1.31 bits per heavy atom. The lowest BCUT2D eigenvalue weighted by Gasteiger charge is -2.15. The molecule has 4 rings (SSSR count). The summed E-state index contributed by atoms with van der Waals surface area (Å²) in [7, 11) is 0. The number of nitrogens with one attached hydrogen (secondary N) is 2. The monoisotopic (exact) mass is 456 g/mol. The van der Waals surface area contributed by atoms with E-state index < -0.39 is 0 Å². The Kier molecular flexibility index (Phi) is 6.57. The van der Waals surface area contributed by atoms with Crippen molar-refractivity contribution in [2.75, 3.05) is 36.9 Å². The molecule has 168 valence electrons. The Hall–Kier alpha value is -3.17. The topological polar surface area (TPSA) is 112 Å². The van der Waals surface area contributed by atoms with E-state index in [1.165, 1.54) is 6.20 Å². The standard InChI is InChI=1S/C22H25ClN6O3/c1-2-28-13-14(10-20(28)31)18-11-19(24-8-3-9-30)29-21(27-18)17(12-25-29)22(32)26-16-6-4-15(23)5-7-16/h4-7,11-12,14,24,30H,2-3,8-10,13H2,1H3,(H,26,32). The van der Waals surface area contributed by atoms with Gasteiger partial charge in [-0.05, 0) is 37.6 Å². The van der Waals surface area contributed by atoms with E-state index in [4.69, 9.17) is 21.7 Å². The number of hydrogen-bond donors (Lipinski definition) is 3. The Bertz CT molecular complexity index is 1130. The molecule has 1 aliphatic heterocycles. The lowest BCUT2D eigenvalue weighted by molar-refractivity contribution is -0.127. The highest BCUT2D eigenvalue weighted by molar-refractivity contribution is 6.30. The van der Waals surface area contributed by atoms with Crippen LogP contribution in [0, 0.1) is 0 Å². The van der Waals surface area contributed by atoms with Crippen molar-refractivity contribution in [3.05, 3.63) is 52.8 Å². The van der Waals surface area contributed by atoms with E-state index in [-0.39, 0.29) is 24.3 Å². The first kappa shape index (κ1) is 22.0. The summed E-state index contributed by atoms with van der Waals surface area (Å²) >= 11 is 5.92. The lowest BCUT2D eigenvalue weighted by Crippen LogP contribution is -2.24. The van der Waals surface area contributed by atoms with Crippen LogP contribution in [0.5, 0.6) is 0 Å². The third-order valence-corrected chi connectivity index (χ3v) is 5.75. The molecule has 9 nitrogen and oxygen atoms in total. The van der Waals surface area contributed by atoms with Crippen LogP contribution in [0.4, 0.5) is 11.5 Å². The predicted molar refractivity (Wildman–Crippen MR) is 122 cm³/mol. The fourth-order valence-electron chi connectivity index (χ4n) is 3.78. The van der Waals surface area contributed by atoms with Gasteiger partial charge in [0.25, 0.3) is 5.91 Å². The molecule has 1 unspecified atom stereocenters. The minimum atomic E-state index is -0.342. The molecule has 0 radical (unpaired) electrons. The Balaban J connectivity index is 1.69. The number of aliphatic hydroxyl groups is 1. The highest BCUT2D eigenvalue weighted by Crippen LogP contribution is 2.29. The molecular formula is C22H25ClN6O3. The summed E-state index contributed by atoms with van der Waals surface area (Å²) < 4.78 is 1.58. The van der Waals surface area contributed by atoms with E-state index in [1.54, 1.807) is 33.7 Å². The number of halogens is 1. The van der Waals surface area contributed by atoms with Crippen molar-refractivity contribution in [1.82, 2.24) is 19.5 Å². The molecule has 0 aliphatic carbocycles. The van der Waals surface area contributed by atoms with E-state index >= 15 is 0 Å². The molecule has 1 saturated heterocycles. The fourth-order valence-corrected chi connectivity index (χ4v) is 3.91. The largest absolute Gasteiger partial charge is 0.396 e. The van der Waals surface area contributed by atoms with Crippen molar-refractivity contribution in [2.45, 2.75) is 25.7 Å². The normalized spacial score (nSPS) is 16.0. The van der Waals surface area contributed by atoms with Crippen molar-refractivity contribution < 1.29 is 14.7 Å². The Morgan fingerprint density at radius 2 is 2.09 bits per heavy atom. The second-order valence-electron chi connectivity index (χ2n) is 7.66. The summed E-state index contributed by atoms with van der Waals surface area (Å²) in [4.78, 5) is 31.8. The Morgan fingerprint density at radius 3 is 2.78 bits per heavy atom. The molecular weight excluding hydrogens is 432 g/mol. The number of likely N-dealkylation sites (N-methyl/N-ethyl adjacent to an activating group) is 1. The van der Waals surface area contributed by atoms with Crippen LogP contribution < -0.4 is 10.6 Å². The van der Waals surface area contributed by atoms with E-state index in [9.17, 15) is 9.59 Å². The minimum absolute atomic E-state index is 0.0600. The summed E-state index contributed by atoms with van der Waals surface area (Å²) in [5, 5.41) is 20.2. The van der Waals surface area contributed by atoms with Crippen LogP contribution in [0.2, 0.25) is 5.02 Å². The SMILES string of the molecule is CCN1CC(c2cc(NCCCO)n3ncc(C(=O)Nc4ccc(Cl)cc4)c3n2)CC1=O. The molecule has 0 bridgehead atoms. The van der Waals surface area contributed by atoms with Crippen LogP contribution in [-0.2, 0) is 4.79 Å². The van der Waals surface area contributed by atoms with Gasteiger partial charge in [-0.2, -0.15) is 9.61 Å². The molecule has 10 heteroatoms. The average Bonchev–Trinajstić information content (AvgIpc) is 3.38. The maximum Gasteiger partial charge on any atom is 0.261 e. The van der Waals surface area contributed by atoms with E-state index in [0.29, 0.717) is 60.2 Å². The molecule has 1 atom stereocenters.